The van der Waals surface area contributed by atoms with E-state index in [2.05, 4.69) is 20.3 Å². The molecule has 0 spiro atoms. The third kappa shape index (κ3) is 7.15. The van der Waals surface area contributed by atoms with Crippen LogP contribution in [0.15, 0.2) is 120 Å². The van der Waals surface area contributed by atoms with Crippen LogP contribution in [0.1, 0.15) is 34.0 Å². The summed E-state index contributed by atoms with van der Waals surface area (Å²) in [5.74, 6) is -1.58. The Morgan fingerprint density at radius 1 is 0.894 bits per heavy atom. The van der Waals surface area contributed by atoms with Crippen LogP contribution in [0.3, 0.4) is 0 Å². The van der Waals surface area contributed by atoms with Crippen LogP contribution in [0.5, 0.6) is 11.5 Å². The maximum absolute atomic E-state index is 14.0. The van der Waals surface area contributed by atoms with Gasteiger partial charge in [-0.15, -0.1) is 0 Å². The largest absolute Gasteiger partial charge is 0.457 e. The Labute approximate surface area is 269 Å². The predicted molar refractivity (Wildman–Crippen MR) is 176 cm³/mol. The van der Waals surface area contributed by atoms with E-state index in [4.69, 9.17) is 10.5 Å². The number of nitrogens with two attached hydrogens (primary N) is 1. The van der Waals surface area contributed by atoms with Crippen molar-refractivity contribution in [3.8, 4) is 22.9 Å². The van der Waals surface area contributed by atoms with E-state index in [0.717, 1.165) is 16.6 Å². The quantitative estimate of drug-likeness (QED) is 0.165. The minimum atomic E-state index is -1.28. The van der Waals surface area contributed by atoms with Crippen molar-refractivity contribution in [1.82, 2.24) is 24.8 Å². The number of ether oxygens (including phenoxy) is 1. The second kappa shape index (κ2) is 13.7. The number of carbonyl (C=O) groups excluding carboxylic acids is 3. The van der Waals surface area contributed by atoms with Gasteiger partial charge in [-0.2, -0.15) is 0 Å². The van der Waals surface area contributed by atoms with E-state index in [1.54, 1.807) is 60.9 Å². The number of hydrogen-bond donors (Lipinski definition) is 3. The Kier molecular flexibility index (Phi) is 8.96. The third-order valence-corrected chi connectivity index (χ3v) is 7.62. The Bertz CT molecular complexity index is 2070. The molecule has 4 N–H and O–H groups in total. The summed E-state index contributed by atoms with van der Waals surface area (Å²) in [6, 6.07) is 28.3. The molecule has 0 fully saturated rings. The molecule has 0 saturated heterocycles. The summed E-state index contributed by atoms with van der Waals surface area (Å²) in [6.45, 7) is -0.197. The van der Waals surface area contributed by atoms with Gasteiger partial charge in [-0.05, 0) is 48.5 Å². The number of rotatable bonds is 12. The van der Waals surface area contributed by atoms with E-state index in [0.29, 0.717) is 22.6 Å². The highest BCUT2D eigenvalue weighted by Gasteiger charge is 2.28. The van der Waals surface area contributed by atoms with Crippen LogP contribution >= 0.6 is 0 Å². The molecular weight excluding hydrogens is 596 g/mol. The standard InChI is InChI=1S/C36H30N6O5/c37-34(45)29(18-32(43)23-11-13-28(14-12-23)47-27-9-5-2-6-10-27)30-21-40-35(24-7-3-1-4-8-24)42(36(30)46)22-33(44)39-20-26-17-25-19-38-16-15-31(25)41-26/h1-17,19,21,29,41H,18,20,22H2,(H2,37,45)(H,39,44). The van der Waals surface area contributed by atoms with Crippen molar-refractivity contribution in [1.29, 1.82) is 0 Å². The summed E-state index contributed by atoms with van der Waals surface area (Å²) >= 11 is 0. The Balaban J connectivity index is 1.23. The fourth-order valence-electron chi connectivity index (χ4n) is 5.23. The lowest BCUT2D eigenvalue weighted by atomic mass is 9.92. The molecule has 0 aliphatic heterocycles. The molecule has 0 saturated carbocycles. The van der Waals surface area contributed by atoms with Crippen LogP contribution in [-0.4, -0.2) is 37.1 Å². The molecule has 11 heteroatoms. The fraction of sp³-hybridized carbons (Fsp3) is 0.111. The number of ketones is 1. The normalized spacial score (nSPS) is 11.6. The molecule has 3 aromatic heterocycles. The molecule has 3 heterocycles. The van der Waals surface area contributed by atoms with Crippen LogP contribution in [0.4, 0.5) is 0 Å². The number of H-pyrrole nitrogens is 1. The van der Waals surface area contributed by atoms with Gasteiger partial charge >= 0.3 is 0 Å². The Hall–Kier alpha value is -6.36. The summed E-state index contributed by atoms with van der Waals surface area (Å²) in [5.41, 5.74) is 7.57. The van der Waals surface area contributed by atoms with Gasteiger partial charge in [0.15, 0.2) is 5.78 Å². The van der Waals surface area contributed by atoms with E-state index in [1.165, 1.54) is 10.8 Å². The van der Waals surface area contributed by atoms with E-state index in [-0.39, 0.29) is 30.9 Å². The first-order chi connectivity index (χ1) is 22.9. The number of nitrogens with zero attached hydrogens (tertiary/aromatic N) is 3. The number of benzene rings is 3. The summed E-state index contributed by atoms with van der Waals surface area (Å²) in [5, 5.41) is 3.73. The number of nitrogens with one attached hydrogen (secondary N) is 2. The molecule has 47 heavy (non-hydrogen) atoms. The van der Waals surface area contributed by atoms with Crippen molar-refractivity contribution in [3.05, 3.63) is 143 Å². The van der Waals surface area contributed by atoms with Crippen LogP contribution in [0.2, 0.25) is 0 Å². The summed E-state index contributed by atoms with van der Waals surface area (Å²) < 4.78 is 6.99. The number of fused-ring (bicyclic) bond motifs is 1. The SMILES string of the molecule is NC(=O)C(CC(=O)c1ccc(Oc2ccccc2)cc1)c1cnc(-c2ccccc2)n(CC(=O)NCc2cc3cnccc3[nH]2)c1=O. The lowest BCUT2D eigenvalue weighted by Gasteiger charge is -2.17. The van der Waals surface area contributed by atoms with Gasteiger partial charge in [-0.25, -0.2) is 4.98 Å². The minimum absolute atomic E-state index is 0.0783. The molecule has 11 nitrogen and oxygen atoms in total. The molecule has 234 valence electrons. The first kappa shape index (κ1) is 30.7. The number of aromatic amines is 1. The monoisotopic (exact) mass is 626 g/mol. The van der Waals surface area contributed by atoms with Gasteiger partial charge in [-0.3, -0.25) is 28.7 Å². The van der Waals surface area contributed by atoms with Crippen molar-refractivity contribution < 1.29 is 19.1 Å². The molecule has 1 atom stereocenters. The topological polar surface area (TPSA) is 162 Å². The zero-order chi connectivity index (χ0) is 32.8. The van der Waals surface area contributed by atoms with Crippen molar-refractivity contribution in [2.75, 3.05) is 0 Å². The average molecular weight is 627 g/mol. The highest BCUT2D eigenvalue weighted by Crippen LogP contribution is 2.25. The molecule has 0 radical (unpaired) electrons. The molecule has 6 aromatic rings. The number of primary amides is 1. The van der Waals surface area contributed by atoms with Crippen molar-refractivity contribution >= 4 is 28.5 Å². The third-order valence-electron chi connectivity index (χ3n) is 7.62. The Morgan fingerprint density at radius 2 is 1.60 bits per heavy atom. The maximum Gasteiger partial charge on any atom is 0.258 e. The smallest absolute Gasteiger partial charge is 0.258 e. The van der Waals surface area contributed by atoms with Gasteiger partial charge < -0.3 is 20.8 Å². The summed E-state index contributed by atoms with van der Waals surface area (Å²) in [6.07, 6.45) is 4.28. The number of para-hydroxylation sites is 1. The van der Waals surface area contributed by atoms with Gasteiger partial charge in [0, 0.05) is 58.3 Å². The summed E-state index contributed by atoms with van der Waals surface area (Å²) in [4.78, 5) is 64.9. The molecule has 1 unspecified atom stereocenters. The van der Waals surface area contributed by atoms with Crippen LogP contribution in [-0.2, 0) is 22.7 Å². The van der Waals surface area contributed by atoms with E-state index < -0.39 is 29.1 Å². The van der Waals surface area contributed by atoms with Crippen molar-refractivity contribution in [3.63, 3.8) is 0 Å². The average Bonchev–Trinajstić information content (AvgIpc) is 3.52. The molecule has 0 aliphatic rings. The molecule has 0 aliphatic carbocycles. The second-order valence-corrected chi connectivity index (χ2v) is 10.9. The van der Waals surface area contributed by atoms with E-state index >= 15 is 0 Å². The molecule has 3 aromatic carbocycles. The van der Waals surface area contributed by atoms with Crippen LogP contribution in [0, 0.1) is 0 Å². The highest BCUT2D eigenvalue weighted by atomic mass is 16.5. The zero-order valence-electron chi connectivity index (χ0n) is 25.1. The molecule has 0 bridgehead atoms. The molecular formula is C36H30N6O5. The lowest BCUT2D eigenvalue weighted by Crippen LogP contribution is -2.37. The fourth-order valence-corrected chi connectivity index (χ4v) is 5.23. The number of Topliss-reactive ketones (excluding diaryl/α,β-unsaturated/α-hetero) is 1. The molecule has 6 rings (SSSR count). The second-order valence-electron chi connectivity index (χ2n) is 10.9. The van der Waals surface area contributed by atoms with Gasteiger partial charge in [0.05, 0.1) is 12.5 Å². The lowest BCUT2D eigenvalue weighted by molar-refractivity contribution is -0.122. The summed E-state index contributed by atoms with van der Waals surface area (Å²) in [7, 11) is 0. The number of pyridine rings is 1. The van der Waals surface area contributed by atoms with Crippen LogP contribution < -0.4 is 21.3 Å². The van der Waals surface area contributed by atoms with Crippen molar-refractivity contribution in [2.24, 2.45) is 5.73 Å². The number of hydrogen-bond acceptors (Lipinski definition) is 7. The van der Waals surface area contributed by atoms with E-state index in [9.17, 15) is 19.2 Å². The van der Waals surface area contributed by atoms with Gasteiger partial charge in [0.25, 0.3) is 5.56 Å². The zero-order valence-corrected chi connectivity index (χ0v) is 25.1. The number of amides is 2. The maximum atomic E-state index is 14.0. The molecule has 2 amide bonds. The Morgan fingerprint density at radius 3 is 2.30 bits per heavy atom. The number of aromatic nitrogens is 4. The van der Waals surface area contributed by atoms with Crippen molar-refractivity contribution in [2.45, 2.75) is 25.4 Å². The van der Waals surface area contributed by atoms with Gasteiger partial charge in [-0.1, -0.05) is 48.5 Å². The first-order valence-electron chi connectivity index (χ1n) is 14.8. The van der Waals surface area contributed by atoms with Gasteiger partial charge in [0.2, 0.25) is 11.8 Å². The first-order valence-corrected chi connectivity index (χ1v) is 14.8. The van der Waals surface area contributed by atoms with E-state index in [1.807, 2.05) is 48.5 Å². The minimum Gasteiger partial charge on any atom is -0.457 e. The predicted octanol–water partition coefficient (Wildman–Crippen LogP) is 4.74. The van der Waals surface area contributed by atoms with Crippen LogP contribution in [0.25, 0.3) is 22.3 Å². The highest BCUT2D eigenvalue weighted by molar-refractivity contribution is 6.00. The van der Waals surface area contributed by atoms with Gasteiger partial charge in [0.1, 0.15) is 23.9 Å². The number of carbonyl (C=O) groups is 3.